The normalized spacial score (nSPS) is 12.5. The third kappa shape index (κ3) is 3.65. The van der Waals surface area contributed by atoms with Gasteiger partial charge in [0.25, 0.3) is 0 Å². The van der Waals surface area contributed by atoms with Gasteiger partial charge in [-0.15, -0.1) is 0 Å². The first kappa shape index (κ1) is 20.4. The highest BCUT2D eigenvalue weighted by molar-refractivity contribution is 5.47. The van der Waals surface area contributed by atoms with Gasteiger partial charge in [0.2, 0.25) is 5.41 Å². The quantitative estimate of drug-likeness (QED) is 0.394. The van der Waals surface area contributed by atoms with E-state index in [1.54, 1.807) is 0 Å². The molecule has 0 aromatic heterocycles. The third-order valence-electron chi connectivity index (χ3n) is 3.91. The summed E-state index contributed by atoms with van der Waals surface area (Å²) in [5.41, 5.74) is -6.38. The first-order valence-corrected chi connectivity index (χ1v) is 7.46. The fraction of sp³-hybridized carbons (Fsp3) is 0.158. The fourth-order valence-corrected chi connectivity index (χ4v) is 2.66. The number of alkyl halides is 6. The summed E-state index contributed by atoms with van der Waals surface area (Å²) in [7, 11) is 0. The van der Waals surface area contributed by atoms with Crippen molar-refractivity contribution >= 4 is 0 Å². The standard InChI is InChI=1S/C19H14F6O2/c1-3-12(2)27-16-10-6-14(7-11-16)17(18(20,21)22,19(23,24)25)13-4-8-15(26)9-5-13/h3-11,26H,1-2H2. The van der Waals surface area contributed by atoms with Crippen LogP contribution in [0.5, 0.6) is 11.5 Å². The number of hydrogen-bond acceptors (Lipinski definition) is 2. The van der Waals surface area contributed by atoms with Gasteiger partial charge in [0.1, 0.15) is 17.3 Å². The molecule has 0 spiro atoms. The molecule has 2 aromatic rings. The summed E-state index contributed by atoms with van der Waals surface area (Å²) in [6.07, 6.45) is -10.2. The summed E-state index contributed by atoms with van der Waals surface area (Å²) in [5.74, 6) is -0.365. The maximum absolute atomic E-state index is 13.9. The van der Waals surface area contributed by atoms with Gasteiger partial charge in [-0.3, -0.25) is 0 Å². The molecule has 2 aromatic carbocycles. The molecule has 0 radical (unpaired) electrons. The van der Waals surface area contributed by atoms with Crippen LogP contribution in [-0.2, 0) is 5.41 Å². The molecule has 0 fully saturated rings. The van der Waals surface area contributed by atoms with Crippen LogP contribution >= 0.6 is 0 Å². The Balaban J connectivity index is 2.71. The minimum atomic E-state index is -5.70. The van der Waals surface area contributed by atoms with Gasteiger partial charge in [0.05, 0.1) is 0 Å². The van der Waals surface area contributed by atoms with Crippen LogP contribution in [0.2, 0.25) is 0 Å². The predicted molar refractivity (Wildman–Crippen MR) is 87.4 cm³/mol. The number of hydrogen-bond donors (Lipinski definition) is 1. The highest BCUT2D eigenvalue weighted by Gasteiger charge is 2.72. The van der Waals surface area contributed by atoms with E-state index >= 15 is 0 Å². The van der Waals surface area contributed by atoms with E-state index in [9.17, 15) is 31.4 Å². The van der Waals surface area contributed by atoms with Crippen molar-refractivity contribution in [3.63, 3.8) is 0 Å². The van der Waals surface area contributed by atoms with E-state index in [0.29, 0.717) is 24.3 Å². The Bertz CT molecular complexity index is 803. The van der Waals surface area contributed by atoms with E-state index in [2.05, 4.69) is 13.2 Å². The number of allylic oxidation sites excluding steroid dienone is 1. The molecule has 0 saturated heterocycles. The van der Waals surface area contributed by atoms with Crippen molar-refractivity contribution < 1.29 is 36.2 Å². The van der Waals surface area contributed by atoms with E-state index < -0.39 is 34.6 Å². The number of phenols is 1. The molecule has 0 atom stereocenters. The average molecular weight is 388 g/mol. The molecule has 0 aliphatic heterocycles. The van der Waals surface area contributed by atoms with Crippen molar-refractivity contribution in [2.45, 2.75) is 17.8 Å². The minimum Gasteiger partial charge on any atom is -0.508 e. The molecule has 2 nitrogen and oxygen atoms in total. The number of phenolic OH excluding ortho intramolecular Hbond substituents is 1. The second kappa shape index (κ2) is 7.02. The lowest BCUT2D eigenvalue weighted by Gasteiger charge is -2.38. The lowest BCUT2D eigenvalue weighted by atomic mass is 9.73. The average Bonchev–Trinajstić information content (AvgIpc) is 2.56. The van der Waals surface area contributed by atoms with Crippen LogP contribution in [0.1, 0.15) is 11.1 Å². The zero-order valence-electron chi connectivity index (χ0n) is 13.7. The number of ether oxygens (including phenoxy) is 1. The molecule has 0 aliphatic carbocycles. The molecule has 0 aliphatic rings. The van der Waals surface area contributed by atoms with Gasteiger partial charge in [-0.05, 0) is 41.5 Å². The first-order chi connectivity index (χ1) is 12.4. The van der Waals surface area contributed by atoms with Crippen LogP contribution in [0.15, 0.2) is 73.5 Å². The molecule has 27 heavy (non-hydrogen) atoms. The van der Waals surface area contributed by atoms with E-state index in [-0.39, 0.29) is 11.5 Å². The van der Waals surface area contributed by atoms with E-state index in [0.717, 1.165) is 24.3 Å². The summed E-state index contributed by atoms with van der Waals surface area (Å²) in [6, 6.07) is 6.09. The lowest BCUT2D eigenvalue weighted by molar-refractivity contribution is -0.288. The van der Waals surface area contributed by atoms with Gasteiger partial charge >= 0.3 is 12.4 Å². The molecule has 0 bridgehead atoms. The zero-order chi connectivity index (χ0) is 20.5. The first-order valence-electron chi connectivity index (χ1n) is 7.46. The van der Waals surface area contributed by atoms with Gasteiger partial charge in [-0.2, -0.15) is 26.3 Å². The van der Waals surface area contributed by atoms with Gasteiger partial charge in [-0.25, -0.2) is 0 Å². The highest BCUT2D eigenvalue weighted by Crippen LogP contribution is 2.56. The van der Waals surface area contributed by atoms with Crippen molar-refractivity contribution in [1.82, 2.24) is 0 Å². The van der Waals surface area contributed by atoms with Crippen molar-refractivity contribution in [1.29, 1.82) is 0 Å². The van der Waals surface area contributed by atoms with Crippen LogP contribution in [0.25, 0.3) is 0 Å². The molecule has 2 rings (SSSR count). The van der Waals surface area contributed by atoms with E-state index in [1.807, 2.05) is 0 Å². The minimum absolute atomic E-state index is 0.00704. The maximum Gasteiger partial charge on any atom is 0.411 e. The molecule has 1 N–H and O–H groups in total. The Kier molecular flexibility index (Phi) is 5.30. The molecule has 8 heteroatoms. The van der Waals surface area contributed by atoms with E-state index in [1.165, 1.54) is 6.08 Å². The van der Waals surface area contributed by atoms with E-state index in [4.69, 9.17) is 4.74 Å². The van der Waals surface area contributed by atoms with Crippen LogP contribution in [0, 0.1) is 0 Å². The second-order valence-electron chi connectivity index (χ2n) is 5.59. The Labute approximate surface area is 151 Å². The van der Waals surface area contributed by atoms with Crippen molar-refractivity contribution in [2.75, 3.05) is 0 Å². The maximum atomic E-state index is 13.9. The Hall–Kier alpha value is -2.90. The fourth-order valence-electron chi connectivity index (χ4n) is 2.66. The van der Waals surface area contributed by atoms with Gasteiger partial charge in [-0.1, -0.05) is 37.4 Å². The third-order valence-corrected chi connectivity index (χ3v) is 3.91. The highest BCUT2D eigenvalue weighted by atomic mass is 19.4. The predicted octanol–water partition coefficient (Wildman–Crippen LogP) is 5.88. The smallest absolute Gasteiger partial charge is 0.411 e. The Morgan fingerprint density at radius 2 is 1.22 bits per heavy atom. The largest absolute Gasteiger partial charge is 0.508 e. The van der Waals surface area contributed by atoms with Crippen LogP contribution in [0.3, 0.4) is 0 Å². The number of aromatic hydroxyl groups is 1. The van der Waals surface area contributed by atoms with Crippen LogP contribution in [0.4, 0.5) is 26.3 Å². The summed E-state index contributed by atoms with van der Waals surface area (Å²) in [4.78, 5) is 0. The van der Waals surface area contributed by atoms with Gasteiger partial charge < -0.3 is 9.84 Å². The topological polar surface area (TPSA) is 29.5 Å². The molecular formula is C19H14F6O2. The molecule has 0 saturated carbocycles. The Morgan fingerprint density at radius 3 is 1.59 bits per heavy atom. The zero-order valence-corrected chi connectivity index (χ0v) is 13.7. The number of halogens is 6. The van der Waals surface area contributed by atoms with Crippen molar-refractivity contribution in [3.05, 3.63) is 84.7 Å². The second-order valence-corrected chi connectivity index (χ2v) is 5.59. The monoisotopic (exact) mass is 388 g/mol. The van der Waals surface area contributed by atoms with Crippen molar-refractivity contribution in [2.24, 2.45) is 0 Å². The summed E-state index contributed by atoms with van der Waals surface area (Å²) >= 11 is 0. The van der Waals surface area contributed by atoms with Crippen molar-refractivity contribution in [3.8, 4) is 11.5 Å². The summed E-state index contributed by atoms with van der Waals surface area (Å²) in [5, 5.41) is 9.25. The van der Waals surface area contributed by atoms with Crippen LogP contribution < -0.4 is 4.74 Å². The SMILES string of the molecule is C=CC(=C)Oc1ccc(C(c2ccc(O)cc2)(C(F)(F)F)C(F)(F)F)cc1. The number of benzene rings is 2. The summed E-state index contributed by atoms with van der Waals surface area (Å²) in [6.45, 7) is 6.83. The number of rotatable bonds is 5. The molecular weight excluding hydrogens is 374 g/mol. The molecule has 144 valence electrons. The molecule has 0 unspecified atom stereocenters. The molecule has 0 amide bonds. The summed E-state index contributed by atoms with van der Waals surface area (Å²) < 4.78 is 88.3. The Morgan fingerprint density at radius 1 is 0.815 bits per heavy atom. The van der Waals surface area contributed by atoms with Crippen LogP contribution in [-0.4, -0.2) is 17.5 Å². The van der Waals surface area contributed by atoms with Gasteiger partial charge in [0.15, 0.2) is 0 Å². The molecule has 0 heterocycles. The van der Waals surface area contributed by atoms with Gasteiger partial charge in [0, 0.05) is 0 Å². The lowest BCUT2D eigenvalue weighted by Crippen LogP contribution is -2.54.